The number of carbonyl (C=O) groups excluding carboxylic acids is 2. The van der Waals surface area contributed by atoms with E-state index in [0.29, 0.717) is 48.6 Å². The molecule has 3 aromatic rings. The number of aromatic hydroxyl groups is 1. The van der Waals surface area contributed by atoms with E-state index in [1.165, 1.54) is 18.2 Å². The van der Waals surface area contributed by atoms with Crippen LogP contribution in [0, 0.1) is 11.6 Å². The quantitative estimate of drug-likeness (QED) is 0.419. The number of hydrogen-bond donors (Lipinski definition) is 4. The lowest BCUT2D eigenvalue weighted by atomic mass is 9.74. The molecule has 1 fully saturated rings. The zero-order valence-corrected chi connectivity index (χ0v) is 18.5. The highest BCUT2D eigenvalue weighted by Crippen LogP contribution is 2.43. The molecule has 3 amide bonds. The Morgan fingerprint density at radius 1 is 1.14 bits per heavy atom. The van der Waals surface area contributed by atoms with Crippen molar-refractivity contribution >= 4 is 23.4 Å². The lowest BCUT2D eigenvalue weighted by molar-refractivity contribution is -0.116. The van der Waals surface area contributed by atoms with Crippen LogP contribution in [0.2, 0.25) is 0 Å². The van der Waals surface area contributed by atoms with Gasteiger partial charge in [-0.1, -0.05) is 6.07 Å². The Morgan fingerprint density at radius 3 is 2.80 bits per heavy atom. The third-order valence-corrected chi connectivity index (χ3v) is 6.29. The van der Waals surface area contributed by atoms with Gasteiger partial charge in [0.1, 0.15) is 23.1 Å². The molecule has 0 spiro atoms. The van der Waals surface area contributed by atoms with E-state index in [1.54, 1.807) is 24.4 Å². The highest BCUT2D eigenvalue weighted by Gasteiger charge is 2.35. The molecule has 2 atom stereocenters. The molecule has 10 heteroatoms. The van der Waals surface area contributed by atoms with Gasteiger partial charge in [0.15, 0.2) is 11.6 Å². The van der Waals surface area contributed by atoms with Crippen LogP contribution in [0.3, 0.4) is 0 Å². The maximum atomic E-state index is 13.8. The van der Waals surface area contributed by atoms with Crippen LogP contribution in [-0.2, 0) is 11.2 Å². The number of nitrogens with zero attached hydrogens (tertiary/aromatic N) is 1. The first-order valence-electron chi connectivity index (χ1n) is 11.2. The molecule has 1 saturated carbocycles. The van der Waals surface area contributed by atoms with E-state index >= 15 is 0 Å². The second kappa shape index (κ2) is 9.21. The predicted molar refractivity (Wildman–Crippen MR) is 124 cm³/mol. The van der Waals surface area contributed by atoms with Crippen LogP contribution in [0.1, 0.15) is 36.3 Å². The number of rotatable bonds is 5. The summed E-state index contributed by atoms with van der Waals surface area (Å²) in [6.45, 7) is 0. The molecule has 4 N–H and O–H groups in total. The van der Waals surface area contributed by atoms with Gasteiger partial charge in [-0.15, -0.1) is 0 Å². The van der Waals surface area contributed by atoms with Crippen molar-refractivity contribution in [3.63, 3.8) is 0 Å². The summed E-state index contributed by atoms with van der Waals surface area (Å²) in [5, 5.41) is 18.3. The first-order valence-corrected chi connectivity index (χ1v) is 11.2. The summed E-state index contributed by atoms with van der Waals surface area (Å²) in [6.07, 6.45) is 3.77. The van der Waals surface area contributed by atoms with Gasteiger partial charge in [0.2, 0.25) is 5.91 Å². The van der Waals surface area contributed by atoms with Crippen LogP contribution < -0.4 is 20.7 Å². The maximum absolute atomic E-state index is 13.8. The summed E-state index contributed by atoms with van der Waals surface area (Å²) >= 11 is 0. The highest BCUT2D eigenvalue weighted by atomic mass is 19.2. The summed E-state index contributed by atoms with van der Waals surface area (Å²) in [5.74, 6) is -0.881. The minimum absolute atomic E-state index is 0.0643. The van der Waals surface area contributed by atoms with E-state index in [2.05, 4.69) is 20.9 Å². The first-order chi connectivity index (χ1) is 16.9. The molecular weight excluding hydrogens is 458 g/mol. The smallest absolute Gasteiger partial charge is 0.319 e. The highest BCUT2D eigenvalue weighted by molar-refractivity contribution is 5.93. The number of ether oxygens (including phenoxy) is 1. The van der Waals surface area contributed by atoms with E-state index in [4.69, 9.17) is 4.74 Å². The van der Waals surface area contributed by atoms with Crippen molar-refractivity contribution in [2.45, 2.75) is 37.6 Å². The van der Waals surface area contributed by atoms with Crippen LogP contribution in [0.5, 0.6) is 17.2 Å². The van der Waals surface area contributed by atoms with Gasteiger partial charge in [-0.3, -0.25) is 4.79 Å². The Balaban J connectivity index is 1.29. The van der Waals surface area contributed by atoms with Crippen LogP contribution in [0.4, 0.5) is 25.1 Å². The number of hydrogen-bond acceptors (Lipinski definition) is 5. The average Bonchev–Trinajstić information content (AvgIpc) is 2.82. The Bertz CT molecular complexity index is 1320. The second-order valence-electron chi connectivity index (χ2n) is 8.50. The fraction of sp³-hybridized carbons (Fsp3) is 0.240. The van der Waals surface area contributed by atoms with Gasteiger partial charge in [-0.25, -0.2) is 18.6 Å². The number of nitrogens with one attached hydrogen (secondary N) is 3. The lowest BCUT2D eigenvalue weighted by Gasteiger charge is -2.37. The standard InChI is InChI=1S/C25H22F2N4O4/c26-17-2-1-3-19(23(17)27)30-25(34)29-18-7-5-14(18)16-12-13(4-8-20(16)32)35-21-10-11-28-24-15(21)6-9-22(33)31-24/h1-4,8,10-12,14,18,32H,5-7,9H2,(H,28,31,33)(H2,29,30,34)/t14-,18?/m0/s1. The number of urea groups is 1. The summed E-state index contributed by atoms with van der Waals surface area (Å²) < 4.78 is 33.3. The van der Waals surface area contributed by atoms with Gasteiger partial charge in [0.25, 0.3) is 0 Å². The average molecular weight is 480 g/mol. The van der Waals surface area contributed by atoms with E-state index in [9.17, 15) is 23.5 Å². The molecule has 2 heterocycles. The Hall–Kier alpha value is -4.21. The fourth-order valence-electron chi connectivity index (χ4n) is 4.34. The number of amides is 3. The molecule has 8 nitrogen and oxygen atoms in total. The molecule has 35 heavy (non-hydrogen) atoms. The van der Waals surface area contributed by atoms with Crippen molar-refractivity contribution in [1.29, 1.82) is 0 Å². The zero-order chi connectivity index (χ0) is 24.5. The molecule has 5 rings (SSSR count). The molecule has 0 saturated heterocycles. The molecule has 1 aliphatic heterocycles. The van der Waals surface area contributed by atoms with Gasteiger partial charge < -0.3 is 25.8 Å². The minimum atomic E-state index is -1.13. The molecule has 0 radical (unpaired) electrons. The van der Waals surface area contributed by atoms with E-state index in [0.717, 1.165) is 11.6 Å². The number of benzene rings is 2. The summed E-state index contributed by atoms with van der Waals surface area (Å²) in [6, 6.07) is 9.15. The van der Waals surface area contributed by atoms with Gasteiger partial charge in [0, 0.05) is 35.7 Å². The summed E-state index contributed by atoms with van der Waals surface area (Å²) in [4.78, 5) is 28.2. The fourth-order valence-corrected chi connectivity index (χ4v) is 4.34. The molecule has 180 valence electrons. The number of anilines is 2. The summed E-state index contributed by atoms with van der Waals surface area (Å²) in [5.41, 5.74) is 1.15. The molecule has 1 unspecified atom stereocenters. The van der Waals surface area contributed by atoms with Crippen LogP contribution >= 0.6 is 0 Å². The van der Waals surface area contributed by atoms with Crippen LogP contribution in [-0.4, -0.2) is 28.1 Å². The maximum Gasteiger partial charge on any atom is 0.319 e. The first kappa shape index (κ1) is 22.6. The minimum Gasteiger partial charge on any atom is -0.508 e. The third kappa shape index (κ3) is 4.59. The van der Waals surface area contributed by atoms with Crippen LogP contribution in [0.25, 0.3) is 0 Å². The normalized spacial score (nSPS) is 18.6. The number of pyridine rings is 1. The molecule has 0 bridgehead atoms. The van der Waals surface area contributed by atoms with E-state index in [1.807, 2.05) is 0 Å². The number of fused-ring (bicyclic) bond motifs is 1. The van der Waals surface area contributed by atoms with E-state index in [-0.39, 0.29) is 29.3 Å². The van der Waals surface area contributed by atoms with Crippen molar-refractivity contribution < 1.29 is 28.2 Å². The Morgan fingerprint density at radius 2 is 2.00 bits per heavy atom. The molecular formula is C25H22F2N4O4. The lowest BCUT2D eigenvalue weighted by Crippen LogP contribution is -2.47. The molecule has 2 aromatic carbocycles. The Labute approximate surface area is 199 Å². The number of aromatic nitrogens is 1. The number of phenols is 1. The largest absolute Gasteiger partial charge is 0.508 e. The monoisotopic (exact) mass is 480 g/mol. The van der Waals surface area contributed by atoms with Crippen molar-refractivity contribution in [3.8, 4) is 17.2 Å². The van der Waals surface area contributed by atoms with Crippen molar-refractivity contribution in [1.82, 2.24) is 10.3 Å². The number of phenolic OH excluding ortho intramolecular Hbond substituents is 1. The van der Waals surface area contributed by atoms with E-state index < -0.39 is 17.7 Å². The van der Waals surface area contributed by atoms with Crippen molar-refractivity contribution in [3.05, 3.63) is 71.4 Å². The van der Waals surface area contributed by atoms with Gasteiger partial charge in [0.05, 0.1) is 5.69 Å². The summed E-state index contributed by atoms with van der Waals surface area (Å²) in [7, 11) is 0. The molecule has 1 aliphatic carbocycles. The Kier molecular flexibility index (Phi) is 5.94. The predicted octanol–water partition coefficient (Wildman–Crippen LogP) is 4.81. The number of carbonyl (C=O) groups is 2. The topological polar surface area (TPSA) is 113 Å². The van der Waals surface area contributed by atoms with Crippen molar-refractivity contribution in [2.24, 2.45) is 0 Å². The molecule has 1 aromatic heterocycles. The SMILES string of the molecule is O=C1CCc2c(Oc3ccc(O)c([C@@H]4CCC4NC(=O)Nc4cccc(F)c4F)c3)ccnc2N1. The van der Waals surface area contributed by atoms with Gasteiger partial charge in [-0.05, 0) is 55.7 Å². The van der Waals surface area contributed by atoms with Gasteiger partial charge >= 0.3 is 6.03 Å². The third-order valence-electron chi connectivity index (χ3n) is 6.29. The number of halogens is 2. The van der Waals surface area contributed by atoms with Gasteiger partial charge in [-0.2, -0.15) is 0 Å². The van der Waals surface area contributed by atoms with Crippen LogP contribution in [0.15, 0.2) is 48.7 Å². The molecule has 2 aliphatic rings. The zero-order valence-electron chi connectivity index (χ0n) is 18.5. The van der Waals surface area contributed by atoms with Crippen molar-refractivity contribution in [2.75, 3.05) is 10.6 Å². The second-order valence-corrected chi connectivity index (χ2v) is 8.50.